The maximum absolute atomic E-state index is 12.9. The highest BCUT2D eigenvalue weighted by atomic mass is 127. The minimum atomic E-state index is -0.172. The quantitative estimate of drug-likeness (QED) is 0.831. The number of halogens is 2. The van der Waals surface area contributed by atoms with E-state index in [1.807, 2.05) is 6.07 Å². The molecule has 0 aliphatic carbocycles. The lowest BCUT2D eigenvalue weighted by Crippen LogP contribution is -2.35. The van der Waals surface area contributed by atoms with Gasteiger partial charge in [-0.1, -0.05) is 6.07 Å². The van der Waals surface area contributed by atoms with E-state index >= 15 is 0 Å². The SMILES string of the molecule is CC(CN(C)C)NCc1ccc(F)cc1I. The van der Waals surface area contributed by atoms with E-state index < -0.39 is 0 Å². The molecule has 1 aromatic carbocycles. The predicted octanol–water partition coefficient (Wildman–Crippen LogP) is 2.47. The van der Waals surface area contributed by atoms with Crippen LogP contribution in [0.2, 0.25) is 0 Å². The van der Waals surface area contributed by atoms with E-state index in [2.05, 4.69) is 53.8 Å². The average Bonchev–Trinajstić information content (AvgIpc) is 2.15. The Morgan fingerprint density at radius 3 is 2.69 bits per heavy atom. The van der Waals surface area contributed by atoms with Gasteiger partial charge in [-0.05, 0) is 61.3 Å². The molecule has 0 aliphatic heterocycles. The molecule has 1 atom stereocenters. The van der Waals surface area contributed by atoms with Crippen LogP contribution < -0.4 is 5.32 Å². The van der Waals surface area contributed by atoms with E-state index in [1.165, 1.54) is 6.07 Å². The smallest absolute Gasteiger partial charge is 0.124 e. The van der Waals surface area contributed by atoms with Crippen molar-refractivity contribution in [1.82, 2.24) is 10.2 Å². The zero-order chi connectivity index (χ0) is 12.1. The molecule has 0 amide bonds. The van der Waals surface area contributed by atoms with Gasteiger partial charge < -0.3 is 10.2 Å². The first-order chi connectivity index (χ1) is 7.49. The molecule has 0 radical (unpaired) electrons. The Morgan fingerprint density at radius 1 is 1.44 bits per heavy atom. The largest absolute Gasteiger partial charge is 0.309 e. The van der Waals surface area contributed by atoms with Gasteiger partial charge in [0.1, 0.15) is 5.82 Å². The van der Waals surface area contributed by atoms with Gasteiger partial charge in [0.05, 0.1) is 0 Å². The normalized spacial score (nSPS) is 13.1. The zero-order valence-corrected chi connectivity index (χ0v) is 12.1. The Labute approximate surface area is 110 Å². The summed E-state index contributed by atoms with van der Waals surface area (Å²) in [4.78, 5) is 2.15. The first kappa shape index (κ1) is 13.9. The summed E-state index contributed by atoms with van der Waals surface area (Å²) in [5.74, 6) is -0.172. The van der Waals surface area contributed by atoms with Crippen LogP contribution in [0.3, 0.4) is 0 Å². The van der Waals surface area contributed by atoms with Crippen molar-refractivity contribution in [3.8, 4) is 0 Å². The molecule has 0 spiro atoms. The summed E-state index contributed by atoms with van der Waals surface area (Å²) in [5, 5.41) is 3.42. The number of hydrogen-bond donors (Lipinski definition) is 1. The van der Waals surface area contributed by atoms with Gasteiger partial charge in [-0.2, -0.15) is 0 Å². The fraction of sp³-hybridized carbons (Fsp3) is 0.500. The van der Waals surface area contributed by atoms with Crippen LogP contribution in [0.25, 0.3) is 0 Å². The summed E-state index contributed by atoms with van der Waals surface area (Å²) in [6, 6.07) is 5.34. The van der Waals surface area contributed by atoms with Crippen LogP contribution >= 0.6 is 22.6 Å². The van der Waals surface area contributed by atoms with E-state index in [0.717, 1.165) is 22.2 Å². The van der Waals surface area contributed by atoms with Crippen LogP contribution in [-0.2, 0) is 6.54 Å². The molecular weight excluding hydrogens is 318 g/mol. The maximum atomic E-state index is 12.9. The Bertz CT molecular complexity index is 342. The molecular formula is C12H18FIN2. The predicted molar refractivity (Wildman–Crippen MR) is 74.0 cm³/mol. The zero-order valence-electron chi connectivity index (χ0n) is 9.93. The highest BCUT2D eigenvalue weighted by molar-refractivity contribution is 14.1. The van der Waals surface area contributed by atoms with Gasteiger partial charge in [-0.25, -0.2) is 4.39 Å². The van der Waals surface area contributed by atoms with Crippen molar-refractivity contribution < 1.29 is 4.39 Å². The highest BCUT2D eigenvalue weighted by Gasteiger charge is 2.05. The standard InChI is InChI=1S/C12H18FIN2/c1-9(8-16(2)3)15-7-10-4-5-11(13)6-12(10)14/h4-6,9,15H,7-8H2,1-3H3. The van der Waals surface area contributed by atoms with E-state index in [9.17, 15) is 4.39 Å². The molecule has 0 heterocycles. The van der Waals surface area contributed by atoms with Crippen LogP contribution in [0.4, 0.5) is 4.39 Å². The number of hydrogen-bond acceptors (Lipinski definition) is 2. The van der Waals surface area contributed by atoms with Crippen LogP contribution in [-0.4, -0.2) is 31.6 Å². The van der Waals surface area contributed by atoms with Gasteiger partial charge in [0.2, 0.25) is 0 Å². The molecule has 0 saturated heterocycles. The summed E-state index contributed by atoms with van der Waals surface area (Å²) in [7, 11) is 4.11. The van der Waals surface area contributed by atoms with E-state index in [-0.39, 0.29) is 5.82 Å². The molecule has 4 heteroatoms. The lowest BCUT2D eigenvalue weighted by molar-refractivity contribution is 0.349. The lowest BCUT2D eigenvalue weighted by atomic mass is 10.2. The van der Waals surface area contributed by atoms with Crippen LogP contribution in [0, 0.1) is 9.39 Å². The minimum Gasteiger partial charge on any atom is -0.309 e. The second-order valence-electron chi connectivity index (χ2n) is 4.28. The summed E-state index contributed by atoms with van der Waals surface area (Å²) in [6.07, 6.45) is 0. The average molecular weight is 336 g/mol. The Balaban J connectivity index is 2.48. The molecule has 0 saturated carbocycles. The first-order valence-electron chi connectivity index (χ1n) is 5.31. The summed E-state index contributed by atoms with van der Waals surface area (Å²) in [6.45, 7) is 3.93. The maximum Gasteiger partial charge on any atom is 0.124 e. The molecule has 2 nitrogen and oxygen atoms in total. The number of nitrogens with one attached hydrogen (secondary N) is 1. The molecule has 1 aromatic rings. The summed E-state index contributed by atoms with van der Waals surface area (Å²) >= 11 is 2.17. The second-order valence-corrected chi connectivity index (χ2v) is 5.44. The summed E-state index contributed by atoms with van der Waals surface area (Å²) in [5.41, 5.74) is 1.15. The van der Waals surface area contributed by atoms with Crippen LogP contribution in [0.1, 0.15) is 12.5 Å². The Hall–Kier alpha value is -0.200. The lowest BCUT2D eigenvalue weighted by Gasteiger charge is -2.18. The van der Waals surface area contributed by atoms with Crippen LogP contribution in [0.15, 0.2) is 18.2 Å². The second kappa shape index (κ2) is 6.51. The van der Waals surface area contributed by atoms with Crippen LogP contribution in [0.5, 0.6) is 0 Å². The third kappa shape index (κ3) is 4.76. The van der Waals surface area contributed by atoms with Crippen molar-refractivity contribution in [1.29, 1.82) is 0 Å². The van der Waals surface area contributed by atoms with Gasteiger partial charge in [0, 0.05) is 22.7 Å². The van der Waals surface area contributed by atoms with E-state index in [0.29, 0.717) is 6.04 Å². The van der Waals surface area contributed by atoms with Crippen molar-refractivity contribution in [2.75, 3.05) is 20.6 Å². The number of benzene rings is 1. The molecule has 0 bridgehead atoms. The molecule has 0 aliphatic rings. The molecule has 1 rings (SSSR count). The third-order valence-corrected chi connectivity index (χ3v) is 3.30. The Kier molecular flexibility index (Phi) is 5.64. The third-order valence-electron chi connectivity index (χ3n) is 2.30. The van der Waals surface area contributed by atoms with Crippen molar-refractivity contribution in [2.45, 2.75) is 19.5 Å². The van der Waals surface area contributed by atoms with E-state index in [1.54, 1.807) is 6.07 Å². The van der Waals surface area contributed by atoms with E-state index in [4.69, 9.17) is 0 Å². The molecule has 1 N–H and O–H groups in total. The van der Waals surface area contributed by atoms with Gasteiger partial charge >= 0.3 is 0 Å². The van der Waals surface area contributed by atoms with Gasteiger partial charge in [-0.3, -0.25) is 0 Å². The van der Waals surface area contributed by atoms with Crippen molar-refractivity contribution in [2.24, 2.45) is 0 Å². The Morgan fingerprint density at radius 2 is 2.12 bits per heavy atom. The first-order valence-corrected chi connectivity index (χ1v) is 6.39. The highest BCUT2D eigenvalue weighted by Crippen LogP contribution is 2.13. The van der Waals surface area contributed by atoms with Gasteiger partial charge in [-0.15, -0.1) is 0 Å². The molecule has 0 aromatic heterocycles. The van der Waals surface area contributed by atoms with Gasteiger partial charge in [0.15, 0.2) is 0 Å². The fourth-order valence-electron chi connectivity index (χ4n) is 1.56. The molecule has 90 valence electrons. The minimum absolute atomic E-state index is 0.172. The van der Waals surface area contributed by atoms with Crippen molar-refractivity contribution >= 4 is 22.6 Å². The van der Waals surface area contributed by atoms with Gasteiger partial charge in [0.25, 0.3) is 0 Å². The number of rotatable bonds is 5. The topological polar surface area (TPSA) is 15.3 Å². The number of likely N-dealkylation sites (N-methyl/N-ethyl adjacent to an activating group) is 1. The van der Waals surface area contributed by atoms with Crippen molar-refractivity contribution in [3.63, 3.8) is 0 Å². The molecule has 16 heavy (non-hydrogen) atoms. The molecule has 1 unspecified atom stereocenters. The van der Waals surface area contributed by atoms with Crippen molar-refractivity contribution in [3.05, 3.63) is 33.1 Å². The number of nitrogens with zero attached hydrogens (tertiary/aromatic N) is 1. The summed E-state index contributed by atoms with van der Waals surface area (Å²) < 4.78 is 13.9. The molecule has 0 fully saturated rings. The fourth-order valence-corrected chi connectivity index (χ4v) is 2.23. The monoisotopic (exact) mass is 336 g/mol.